The van der Waals surface area contributed by atoms with Gasteiger partial charge in [0.1, 0.15) is 0 Å². The normalized spacial score (nSPS) is 12.7. The Labute approximate surface area is 346 Å². The van der Waals surface area contributed by atoms with Gasteiger partial charge in [-0.25, -0.2) is 0 Å². The molecule has 3 N–H and O–H groups in total. The first kappa shape index (κ1) is 54.4. The molecule has 330 valence electrons. The number of aliphatic hydroxyl groups excluding tert-OH is 2. The molecule has 4 heteroatoms. The highest BCUT2D eigenvalue weighted by Gasteiger charge is 2.20. The van der Waals surface area contributed by atoms with Crippen LogP contribution in [0.2, 0.25) is 0 Å². The molecular weight excluding hydrogens is 675 g/mol. The Bertz CT molecular complexity index is 714. The Morgan fingerprint density at radius 2 is 0.582 bits per heavy atom. The highest BCUT2D eigenvalue weighted by atomic mass is 16.3. The van der Waals surface area contributed by atoms with E-state index in [1.807, 2.05) is 0 Å². The van der Waals surface area contributed by atoms with Crippen LogP contribution in [-0.2, 0) is 4.79 Å². The van der Waals surface area contributed by atoms with Crippen LogP contribution in [0, 0.1) is 0 Å². The number of hydrogen-bond acceptors (Lipinski definition) is 3. The maximum atomic E-state index is 12.3. The number of carbonyl (C=O) groups excluding carboxylic acids is 1. The predicted molar refractivity (Wildman–Crippen MR) is 244 cm³/mol. The molecule has 0 aliphatic carbocycles. The van der Waals surface area contributed by atoms with Gasteiger partial charge in [0.05, 0.1) is 18.8 Å². The van der Waals surface area contributed by atoms with Crippen molar-refractivity contribution < 1.29 is 15.0 Å². The number of unbranched alkanes of at least 4 members (excludes halogenated alkanes) is 41. The minimum atomic E-state index is -0.650. The molecule has 2 unspecified atom stereocenters. The number of aliphatic hydroxyl groups is 2. The van der Waals surface area contributed by atoms with Gasteiger partial charge in [-0.05, 0) is 12.8 Å². The summed E-state index contributed by atoms with van der Waals surface area (Å²) in [4.78, 5) is 12.3. The molecule has 0 aliphatic heterocycles. The topological polar surface area (TPSA) is 69.6 Å². The van der Waals surface area contributed by atoms with Gasteiger partial charge in [0.25, 0.3) is 0 Å². The lowest BCUT2D eigenvalue weighted by Gasteiger charge is -2.22. The van der Waals surface area contributed by atoms with E-state index in [1.165, 1.54) is 250 Å². The van der Waals surface area contributed by atoms with E-state index in [-0.39, 0.29) is 12.5 Å². The van der Waals surface area contributed by atoms with Crippen molar-refractivity contribution in [2.75, 3.05) is 6.61 Å². The van der Waals surface area contributed by atoms with E-state index in [1.54, 1.807) is 0 Å². The molecule has 0 aromatic rings. The van der Waals surface area contributed by atoms with Gasteiger partial charge in [-0.1, -0.05) is 284 Å². The molecule has 0 aromatic carbocycles. The highest BCUT2D eigenvalue weighted by molar-refractivity contribution is 5.76. The quantitative estimate of drug-likeness (QED) is 0.0539. The monoisotopic (exact) mass is 778 g/mol. The van der Waals surface area contributed by atoms with Crippen LogP contribution in [0.3, 0.4) is 0 Å². The molecule has 0 aliphatic rings. The summed E-state index contributed by atoms with van der Waals surface area (Å²) in [6, 6.07) is -0.526. The van der Waals surface area contributed by atoms with Gasteiger partial charge in [0.2, 0.25) is 5.91 Å². The van der Waals surface area contributed by atoms with Crippen LogP contribution in [0.1, 0.15) is 303 Å². The van der Waals surface area contributed by atoms with E-state index in [9.17, 15) is 15.0 Å². The van der Waals surface area contributed by atoms with Gasteiger partial charge in [-0.15, -0.1) is 0 Å². The van der Waals surface area contributed by atoms with Crippen LogP contribution < -0.4 is 5.32 Å². The summed E-state index contributed by atoms with van der Waals surface area (Å²) in [6.45, 7) is 4.31. The molecular formula is C51H103NO3. The summed E-state index contributed by atoms with van der Waals surface area (Å²) in [6.07, 6.45) is 60.0. The van der Waals surface area contributed by atoms with Crippen molar-refractivity contribution in [2.24, 2.45) is 0 Å². The first-order valence-corrected chi connectivity index (χ1v) is 25.7. The van der Waals surface area contributed by atoms with Crippen LogP contribution in [0.5, 0.6) is 0 Å². The fourth-order valence-corrected chi connectivity index (χ4v) is 8.42. The third-order valence-corrected chi connectivity index (χ3v) is 12.4. The molecule has 0 spiro atoms. The molecule has 55 heavy (non-hydrogen) atoms. The third-order valence-electron chi connectivity index (χ3n) is 12.4. The number of amides is 1. The zero-order valence-electron chi connectivity index (χ0n) is 38.0. The maximum Gasteiger partial charge on any atom is 0.220 e. The molecule has 0 radical (unpaired) electrons. The van der Waals surface area contributed by atoms with E-state index in [0.29, 0.717) is 12.8 Å². The van der Waals surface area contributed by atoms with E-state index in [2.05, 4.69) is 19.2 Å². The lowest BCUT2D eigenvalue weighted by molar-refractivity contribution is -0.123. The Hall–Kier alpha value is -0.610. The van der Waals surface area contributed by atoms with Gasteiger partial charge in [-0.3, -0.25) is 4.79 Å². The Balaban J connectivity index is 3.23. The van der Waals surface area contributed by atoms with Crippen LogP contribution in [-0.4, -0.2) is 34.9 Å². The molecule has 0 fully saturated rings. The standard InChI is InChI=1S/C51H103NO3/c1-3-5-7-9-10-11-12-13-14-15-16-17-18-19-20-21-22-23-24-25-26-27-28-29-30-31-32-33-34-35-36-37-38-39-40-41-43-45-47-51(55)52-49(48-53)50(54)46-44-42-8-6-4-2/h49-50,53-54H,3-48H2,1-2H3,(H,52,55). The highest BCUT2D eigenvalue weighted by Crippen LogP contribution is 2.18. The molecule has 0 rings (SSSR count). The van der Waals surface area contributed by atoms with Gasteiger partial charge in [0.15, 0.2) is 0 Å². The maximum absolute atomic E-state index is 12.3. The average molecular weight is 778 g/mol. The number of carbonyl (C=O) groups is 1. The number of nitrogens with one attached hydrogen (secondary N) is 1. The SMILES string of the molecule is CCCCCCCCCCCCCCCCCCCCCCCCCCCCCCCCCCCCCCCCC(=O)NC(CO)C(O)CCCCCCC. The van der Waals surface area contributed by atoms with Crippen molar-refractivity contribution in [3.8, 4) is 0 Å². The molecule has 4 nitrogen and oxygen atoms in total. The minimum absolute atomic E-state index is 0.0319. The van der Waals surface area contributed by atoms with E-state index < -0.39 is 12.1 Å². The lowest BCUT2D eigenvalue weighted by atomic mass is 10.0. The Morgan fingerprint density at radius 3 is 0.818 bits per heavy atom. The zero-order valence-corrected chi connectivity index (χ0v) is 38.0. The average Bonchev–Trinajstić information content (AvgIpc) is 3.19. The molecule has 0 aromatic heterocycles. The Morgan fingerprint density at radius 1 is 0.364 bits per heavy atom. The predicted octanol–water partition coefficient (Wildman–Crippen LogP) is 16.4. The van der Waals surface area contributed by atoms with Crippen LogP contribution in [0.4, 0.5) is 0 Å². The molecule has 0 saturated heterocycles. The smallest absolute Gasteiger partial charge is 0.220 e. The third kappa shape index (κ3) is 44.3. The molecule has 0 bridgehead atoms. The van der Waals surface area contributed by atoms with Crippen LogP contribution in [0.15, 0.2) is 0 Å². The van der Waals surface area contributed by atoms with E-state index in [4.69, 9.17) is 0 Å². The fourth-order valence-electron chi connectivity index (χ4n) is 8.42. The van der Waals surface area contributed by atoms with Crippen molar-refractivity contribution >= 4 is 5.91 Å². The van der Waals surface area contributed by atoms with Gasteiger partial charge in [0, 0.05) is 6.42 Å². The van der Waals surface area contributed by atoms with Gasteiger partial charge in [-0.2, -0.15) is 0 Å². The summed E-state index contributed by atoms with van der Waals surface area (Å²) in [5, 5.41) is 22.8. The molecule has 0 heterocycles. The Kier molecular flexibility index (Phi) is 47.2. The fraction of sp³-hybridized carbons (Fsp3) is 0.980. The van der Waals surface area contributed by atoms with Crippen LogP contribution in [0.25, 0.3) is 0 Å². The molecule has 1 amide bonds. The lowest BCUT2D eigenvalue weighted by Crippen LogP contribution is -2.45. The van der Waals surface area contributed by atoms with Crippen molar-refractivity contribution in [1.82, 2.24) is 5.32 Å². The largest absolute Gasteiger partial charge is 0.394 e. The summed E-state index contributed by atoms with van der Waals surface area (Å²) >= 11 is 0. The second-order valence-corrected chi connectivity index (χ2v) is 18.0. The summed E-state index contributed by atoms with van der Waals surface area (Å²) in [5.41, 5.74) is 0. The van der Waals surface area contributed by atoms with Gasteiger partial charge < -0.3 is 15.5 Å². The van der Waals surface area contributed by atoms with Crippen molar-refractivity contribution in [3.63, 3.8) is 0 Å². The second kappa shape index (κ2) is 47.8. The number of hydrogen-bond donors (Lipinski definition) is 3. The first-order chi connectivity index (χ1) is 27.2. The first-order valence-electron chi connectivity index (χ1n) is 25.7. The van der Waals surface area contributed by atoms with E-state index in [0.717, 1.165) is 25.7 Å². The van der Waals surface area contributed by atoms with Crippen molar-refractivity contribution in [3.05, 3.63) is 0 Å². The number of rotatable bonds is 48. The minimum Gasteiger partial charge on any atom is -0.394 e. The van der Waals surface area contributed by atoms with Crippen molar-refractivity contribution in [2.45, 2.75) is 315 Å². The summed E-state index contributed by atoms with van der Waals surface area (Å²) in [5.74, 6) is -0.0319. The van der Waals surface area contributed by atoms with Crippen molar-refractivity contribution in [1.29, 1.82) is 0 Å². The zero-order chi connectivity index (χ0) is 40.0. The molecule has 0 saturated carbocycles. The molecule has 2 atom stereocenters. The summed E-state index contributed by atoms with van der Waals surface area (Å²) < 4.78 is 0. The van der Waals surface area contributed by atoms with E-state index >= 15 is 0 Å². The van der Waals surface area contributed by atoms with Crippen LogP contribution >= 0.6 is 0 Å². The summed E-state index contributed by atoms with van der Waals surface area (Å²) in [7, 11) is 0. The van der Waals surface area contributed by atoms with Gasteiger partial charge >= 0.3 is 0 Å². The second-order valence-electron chi connectivity index (χ2n) is 18.0.